The summed E-state index contributed by atoms with van der Waals surface area (Å²) in [5.74, 6) is 0.553. The average Bonchev–Trinajstić information content (AvgIpc) is 2.71. The molecule has 0 unspecified atom stereocenters. The van der Waals surface area contributed by atoms with Crippen molar-refractivity contribution >= 4 is 11.6 Å². The number of aryl methyl sites for hydroxylation is 2. The van der Waals surface area contributed by atoms with Crippen LogP contribution in [0.4, 0.5) is 18.9 Å². The van der Waals surface area contributed by atoms with Gasteiger partial charge >= 0.3 is 6.18 Å². The molecule has 0 aliphatic heterocycles. The third-order valence-electron chi connectivity index (χ3n) is 4.61. The highest BCUT2D eigenvalue weighted by Gasteiger charge is 2.31. The largest absolute Gasteiger partial charge is 0.497 e. The molecule has 7 heteroatoms. The van der Waals surface area contributed by atoms with Crippen molar-refractivity contribution in [2.75, 3.05) is 12.4 Å². The molecule has 0 saturated carbocycles. The van der Waals surface area contributed by atoms with Crippen LogP contribution in [0.15, 0.2) is 60.7 Å². The fourth-order valence-corrected chi connectivity index (χ4v) is 2.73. The smallest absolute Gasteiger partial charge is 0.416 e. The summed E-state index contributed by atoms with van der Waals surface area (Å²) in [6.07, 6.45) is -4.56. The van der Waals surface area contributed by atoms with Crippen LogP contribution in [0.3, 0.4) is 0 Å². The fraction of sp³-hybridized carbons (Fsp3) is 0.174. The topological polar surface area (TPSA) is 47.6 Å². The number of hydrogen-bond donors (Lipinski definition) is 1. The van der Waals surface area contributed by atoms with Crippen LogP contribution in [0, 0.1) is 13.8 Å². The molecule has 0 aliphatic rings. The zero-order valence-electron chi connectivity index (χ0n) is 16.6. The highest BCUT2D eigenvalue weighted by atomic mass is 19.4. The number of carbonyl (C=O) groups excluding carboxylic acids is 1. The Balaban J connectivity index is 1.94. The second-order valence-electron chi connectivity index (χ2n) is 6.74. The molecule has 0 spiro atoms. The Morgan fingerprint density at radius 1 is 0.867 bits per heavy atom. The molecule has 0 radical (unpaired) electrons. The number of carbonyl (C=O) groups is 1. The van der Waals surface area contributed by atoms with Crippen molar-refractivity contribution in [2.45, 2.75) is 20.0 Å². The van der Waals surface area contributed by atoms with E-state index in [-0.39, 0.29) is 17.0 Å². The van der Waals surface area contributed by atoms with Crippen LogP contribution in [-0.4, -0.2) is 13.0 Å². The molecule has 0 aliphatic carbocycles. The number of alkyl halides is 3. The number of hydrogen-bond acceptors (Lipinski definition) is 3. The molecule has 0 aromatic heterocycles. The van der Waals surface area contributed by atoms with Gasteiger partial charge in [0.05, 0.1) is 18.4 Å². The number of nitrogens with one attached hydrogen (secondary N) is 1. The first-order valence-electron chi connectivity index (χ1n) is 9.09. The summed E-state index contributed by atoms with van der Waals surface area (Å²) in [6.45, 7) is 3.85. The highest BCUT2D eigenvalue weighted by molar-refractivity contribution is 6.05. The molecule has 1 N–H and O–H groups in total. The van der Waals surface area contributed by atoms with Gasteiger partial charge in [-0.25, -0.2) is 0 Å². The highest BCUT2D eigenvalue weighted by Crippen LogP contribution is 2.37. The van der Waals surface area contributed by atoms with Crippen molar-refractivity contribution < 1.29 is 27.4 Å². The Labute approximate surface area is 172 Å². The van der Waals surface area contributed by atoms with E-state index >= 15 is 0 Å². The summed E-state index contributed by atoms with van der Waals surface area (Å²) in [7, 11) is 1.49. The minimum absolute atomic E-state index is 0.0797. The van der Waals surface area contributed by atoms with Crippen LogP contribution in [0.2, 0.25) is 0 Å². The maximum absolute atomic E-state index is 13.2. The second kappa shape index (κ2) is 8.49. The lowest BCUT2D eigenvalue weighted by atomic mass is 10.1. The number of methoxy groups -OCH3 is 1. The molecule has 1 amide bonds. The number of ether oxygens (including phenoxy) is 2. The van der Waals surface area contributed by atoms with Gasteiger partial charge in [0.1, 0.15) is 11.5 Å². The molecule has 0 heterocycles. The standard InChI is InChI=1S/C23H20F3NO3/c1-14-4-8-19(12-15(14)2)30-21-11-7-17(23(24,25)26)13-20(21)27-22(28)16-5-9-18(29-3)10-6-16/h4-13H,1-3H3,(H,27,28). The maximum atomic E-state index is 13.2. The van der Waals surface area contributed by atoms with Crippen molar-refractivity contribution in [3.8, 4) is 17.2 Å². The van der Waals surface area contributed by atoms with Crippen LogP contribution in [0.1, 0.15) is 27.0 Å². The summed E-state index contributed by atoms with van der Waals surface area (Å²) in [6, 6.07) is 14.5. The molecule has 3 aromatic carbocycles. The predicted octanol–water partition coefficient (Wildman–Crippen LogP) is 6.38. The summed E-state index contributed by atoms with van der Waals surface area (Å²) >= 11 is 0. The lowest BCUT2D eigenvalue weighted by molar-refractivity contribution is -0.137. The average molecular weight is 415 g/mol. The van der Waals surface area contributed by atoms with Gasteiger partial charge in [0.25, 0.3) is 5.91 Å². The van der Waals surface area contributed by atoms with Gasteiger partial charge in [-0.15, -0.1) is 0 Å². The summed E-state index contributed by atoms with van der Waals surface area (Å²) < 4.78 is 50.4. The van der Waals surface area contributed by atoms with Crippen LogP contribution in [0.25, 0.3) is 0 Å². The normalized spacial score (nSPS) is 11.1. The number of anilines is 1. The zero-order valence-corrected chi connectivity index (χ0v) is 16.6. The minimum atomic E-state index is -4.56. The van der Waals surface area contributed by atoms with Gasteiger partial charge in [0.2, 0.25) is 0 Å². The molecular weight excluding hydrogens is 395 g/mol. The van der Waals surface area contributed by atoms with Gasteiger partial charge in [0, 0.05) is 5.56 Å². The first-order valence-corrected chi connectivity index (χ1v) is 9.09. The van der Waals surface area contributed by atoms with E-state index in [9.17, 15) is 18.0 Å². The minimum Gasteiger partial charge on any atom is -0.497 e. The Hall–Kier alpha value is -3.48. The third kappa shape index (κ3) is 4.92. The third-order valence-corrected chi connectivity index (χ3v) is 4.61. The zero-order chi connectivity index (χ0) is 21.9. The second-order valence-corrected chi connectivity index (χ2v) is 6.74. The van der Waals surface area contributed by atoms with Gasteiger partial charge in [-0.2, -0.15) is 13.2 Å². The summed E-state index contributed by atoms with van der Waals surface area (Å²) in [5, 5.41) is 2.52. The van der Waals surface area contributed by atoms with E-state index in [0.29, 0.717) is 11.5 Å². The van der Waals surface area contributed by atoms with E-state index in [1.54, 1.807) is 24.3 Å². The Bertz CT molecular complexity index is 1060. The van der Waals surface area contributed by atoms with E-state index in [4.69, 9.17) is 9.47 Å². The van der Waals surface area contributed by atoms with Crippen molar-refractivity contribution in [1.29, 1.82) is 0 Å². The van der Waals surface area contributed by atoms with Crippen LogP contribution in [0.5, 0.6) is 17.2 Å². The van der Waals surface area contributed by atoms with E-state index in [0.717, 1.165) is 23.3 Å². The number of amides is 1. The van der Waals surface area contributed by atoms with Crippen LogP contribution < -0.4 is 14.8 Å². The Morgan fingerprint density at radius 3 is 2.13 bits per heavy atom. The molecule has 4 nitrogen and oxygen atoms in total. The van der Waals surface area contributed by atoms with E-state index in [1.165, 1.54) is 25.3 Å². The molecule has 3 rings (SSSR count). The Kier molecular flexibility index (Phi) is 6.01. The summed E-state index contributed by atoms with van der Waals surface area (Å²) in [5.41, 5.74) is 1.33. The molecule has 0 bridgehead atoms. The molecule has 0 atom stereocenters. The van der Waals surface area contributed by atoms with E-state index < -0.39 is 17.6 Å². The maximum Gasteiger partial charge on any atom is 0.416 e. The van der Waals surface area contributed by atoms with Crippen molar-refractivity contribution in [3.63, 3.8) is 0 Å². The number of halogens is 3. The number of rotatable bonds is 5. The van der Waals surface area contributed by atoms with Crippen molar-refractivity contribution in [1.82, 2.24) is 0 Å². The SMILES string of the molecule is COc1ccc(C(=O)Nc2cc(C(F)(F)F)ccc2Oc2ccc(C)c(C)c2)cc1. The molecule has 0 saturated heterocycles. The fourth-order valence-electron chi connectivity index (χ4n) is 2.73. The monoisotopic (exact) mass is 415 g/mol. The lowest BCUT2D eigenvalue weighted by Gasteiger charge is -2.16. The lowest BCUT2D eigenvalue weighted by Crippen LogP contribution is -2.14. The molecule has 3 aromatic rings. The summed E-state index contributed by atoms with van der Waals surface area (Å²) in [4.78, 5) is 12.6. The van der Waals surface area contributed by atoms with Crippen LogP contribution >= 0.6 is 0 Å². The molecule has 0 fully saturated rings. The van der Waals surface area contributed by atoms with Crippen LogP contribution in [-0.2, 0) is 6.18 Å². The van der Waals surface area contributed by atoms with Gasteiger partial charge < -0.3 is 14.8 Å². The molecule has 156 valence electrons. The first-order chi connectivity index (χ1) is 14.2. The predicted molar refractivity (Wildman–Crippen MR) is 108 cm³/mol. The van der Waals surface area contributed by atoms with Crippen molar-refractivity contribution in [3.05, 3.63) is 82.9 Å². The Morgan fingerprint density at radius 2 is 1.53 bits per heavy atom. The molecule has 30 heavy (non-hydrogen) atoms. The quantitative estimate of drug-likeness (QED) is 0.526. The van der Waals surface area contributed by atoms with Gasteiger partial charge in [-0.05, 0) is 79.6 Å². The van der Waals surface area contributed by atoms with Crippen molar-refractivity contribution in [2.24, 2.45) is 0 Å². The first kappa shape index (κ1) is 21.2. The van der Waals surface area contributed by atoms with E-state index in [2.05, 4.69) is 5.32 Å². The van der Waals surface area contributed by atoms with E-state index in [1.807, 2.05) is 19.9 Å². The van der Waals surface area contributed by atoms with Gasteiger partial charge in [0.15, 0.2) is 5.75 Å². The van der Waals surface area contributed by atoms with Gasteiger partial charge in [-0.1, -0.05) is 6.07 Å². The molecular formula is C23H20F3NO3. The number of benzene rings is 3. The van der Waals surface area contributed by atoms with Gasteiger partial charge in [-0.3, -0.25) is 4.79 Å².